The maximum atomic E-state index is 11.1. The first-order chi connectivity index (χ1) is 7.02. The molecule has 0 bridgehead atoms. The van der Waals surface area contributed by atoms with Gasteiger partial charge in [0.1, 0.15) is 0 Å². The summed E-state index contributed by atoms with van der Waals surface area (Å²) in [5, 5.41) is 19.0. The molecule has 0 aromatic heterocycles. The zero-order chi connectivity index (χ0) is 11.6. The number of carbonyl (C=O) groups excluding carboxylic acids is 2. The number of aldehydes is 1. The maximum absolute atomic E-state index is 11.1. The van der Waals surface area contributed by atoms with Crippen molar-refractivity contribution in [1.29, 1.82) is 0 Å². The van der Waals surface area contributed by atoms with Crippen LogP contribution in [0.2, 0.25) is 0 Å². The molecule has 0 amide bonds. The third kappa shape index (κ3) is 1.76. The highest BCUT2D eigenvalue weighted by Crippen LogP contribution is 2.40. The monoisotopic (exact) mass is 210 g/mol. The molecular formula is C10H10O5. The molecule has 0 fully saturated rings. The second kappa shape index (κ2) is 4.00. The number of hydrogen-bond donors (Lipinski definition) is 2. The van der Waals surface area contributed by atoms with E-state index in [4.69, 9.17) is 4.74 Å². The number of phenols is 2. The number of phenolic OH excluding ortho intramolecular Hbond substituents is 2. The molecule has 0 atom stereocenters. The fourth-order valence-electron chi connectivity index (χ4n) is 1.21. The van der Waals surface area contributed by atoms with Crippen molar-refractivity contribution >= 4 is 12.1 Å². The summed E-state index contributed by atoms with van der Waals surface area (Å²) >= 11 is 0. The first-order valence-corrected chi connectivity index (χ1v) is 4.12. The quantitative estimate of drug-likeness (QED) is 0.577. The molecule has 0 heterocycles. The van der Waals surface area contributed by atoms with Gasteiger partial charge in [-0.15, -0.1) is 0 Å². The summed E-state index contributed by atoms with van der Waals surface area (Å²) in [7, 11) is 1.22. The third-order valence-corrected chi connectivity index (χ3v) is 1.97. The van der Waals surface area contributed by atoms with Crippen LogP contribution >= 0.6 is 0 Å². The number of methoxy groups -OCH3 is 1. The van der Waals surface area contributed by atoms with Crippen LogP contribution in [0.5, 0.6) is 17.2 Å². The van der Waals surface area contributed by atoms with Crippen molar-refractivity contribution in [2.45, 2.75) is 6.92 Å². The van der Waals surface area contributed by atoms with E-state index < -0.39 is 17.3 Å². The molecule has 15 heavy (non-hydrogen) atoms. The Morgan fingerprint density at radius 1 is 1.40 bits per heavy atom. The molecule has 0 saturated heterocycles. The molecule has 0 aliphatic heterocycles. The Labute approximate surface area is 85.9 Å². The largest absolute Gasteiger partial charge is 0.504 e. The van der Waals surface area contributed by atoms with Crippen molar-refractivity contribution < 1.29 is 24.5 Å². The third-order valence-electron chi connectivity index (χ3n) is 1.97. The summed E-state index contributed by atoms with van der Waals surface area (Å²) in [5.41, 5.74) is -0.165. The highest BCUT2D eigenvalue weighted by Gasteiger charge is 2.19. The Hall–Kier alpha value is -2.04. The number of Topliss-reactive ketones (excluding diaryl/α,β-unsaturated/α-hetero) is 1. The van der Waals surface area contributed by atoms with Crippen molar-refractivity contribution in [3.8, 4) is 17.2 Å². The fourth-order valence-corrected chi connectivity index (χ4v) is 1.21. The first-order valence-electron chi connectivity index (χ1n) is 4.12. The molecule has 5 heteroatoms. The smallest absolute Gasteiger partial charge is 0.204 e. The number of benzene rings is 1. The van der Waals surface area contributed by atoms with Crippen LogP contribution in [0, 0.1) is 0 Å². The summed E-state index contributed by atoms with van der Waals surface area (Å²) in [6.45, 7) is 1.24. The van der Waals surface area contributed by atoms with Gasteiger partial charge in [-0.25, -0.2) is 0 Å². The van der Waals surface area contributed by atoms with E-state index in [0.29, 0.717) is 6.29 Å². The van der Waals surface area contributed by atoms with Gasteiger partial charge in [-0.05, 0) is 13.0 Å². The van der Waals surface area contributed by atoms with E-state index in [0.717, 1.165) is 6.07 Å². The summed E-state index contributed by atoms with van der Waals surface area (Å²) < 4.78 is 4.70. The Morgan fingerprint density at radius 3 is 2.40 bits per heavy atom. The van der Waals surface area contributed by atoms with Crippen molar-refractivity contribution in [3.63, 3.8) is 0 Å². The number of ketones is 1. The normalized spacial score (nSPS) is 9.73. The summed E-state index contributed by atoms with van der Waals surface area (Å²) in [5.74, 6) is -1.64. The highest BCUT2D eigenvalue weighted by molar-refractivity contribution is 6.00. The highest BCUT2D eigenvalue weighted by atomic mass is 16.5. The lowest BCUT2D eigenvalue weighted by molar-refractivity contribution is 0.101. The number of hydrogen-bond acceptors (Lipinski definition) is 5. The van der Waals surface area contributed by atoms with Gasteiger partial charge < -0.3 is 14.9 Å². The van der Waals surface area contributed by atoms with Crippen LogP contribution < -0.4 is 4.74 Å². The Balaban J connectivity index is 3.58. The first kappa shape index (κ1) is 11.0. The van der Waals surface area contributed by atoms with E-state index in [1.807, 2.05) is 0 Å². The zero-order valence-corrected chi connectivity index (χ0v) is 8.27. The van der Waals surface area contributed by atoms with Crippen LogP contribution in [0.4, 0.5) is 0 Å². The minimum Gasteiger partial charge on any atom is -0.504 e. The zero-order valence-electron chi connectivity index (χ0n) is 8.27. The molecule has 0 saturated carbocycles. The molecule has 0 unspecified atom stereocenters. The van der Waals surface area contributed by atoms with Crippen LogP contribution in [0.15, 0.2) is 6.07 Å². The maximum Gasteiger partial charge on any atom is 0.204 e. The average molecular weight is 210 g/mol. The Morgan fingerprint density at radius 2 is 2.00 bits per heavy atom. The van der Waals surface area contributed by atoms with E-state index in [-0.39, 0.29) is 16.9 Å². The van der Waals surface area contributed by atoms with E-state index in [1.54, 1.807) is 0 Å². The van der Waals surface area contributed by atoms with Gasteiger partial charge in [0.25, 0.3) is 0 Å². The Kier molecular flexibility index (Phi) is 2.94. The minimum absolute atomic E-state index is 0.0632. The second-order valence-corrected chi connectivity index (χ2v) is 2.92. The molecule has 0 aliphatic rings. The van der Waals surface area contributed by atoms with Gasteiger partial charge in [0.05, 0.1) is 18.2 Å². The Bertz CT molecular complexity index is 422. The van der Waals surface area contributed by atoms with Crippen molar-refractivity contribution in [1.82, 2.24) is 0 Å². The van der Waals surface area contributed by atoms with Gasteiger partial charge >= 0.3 is 0 Å². The molecule has 0 spiro atoms. The van der Waals surface area contributed by atoms with E-state index in [9.17, 15) is 19.8 Å². The van der Waals surface area contributed by atoms with Crippen LogP contribution in [0.25, 0.3) is 0 Å². The van der Waals surface area contributed by atoms with Crippen molar-refractivity contribution in [2.24, 2.45) is 0 Å². The number of rotatable bonds is 3. The molecular weight excluding hydrogens is 200 g/mol. The summed E-state index contributed by atoms with van der Waals surface area (Å²) in [4.78, 5) is 21.7. The summed E-state index contributed by atoms with van der Waals surface area (Å²) in [6, 6.07) is 1.11. The molecule has 1 aromatic rings. The van der Waals surface area contributed by atoms with Crippen LogP contribution in [-0.4, -0.2) is 29.4 Å². The van der Waals surface area contributed by atoms with Crippen molar-refractivity contribution in [2.75, 3.05) is 7.11 Å². The van der Waals surface area contributed by atoms with Gasteiger partial charge in [0.2, 0.25) is 5.75 Å². The molecule has 1 aromatic carbocycles. The van der Waals surface area contributed by atoms with Gasteiger partial charge in [0, 0.05) is 0 Å². The van der Waals surface area contributed by atoms with Crippen LogP contribution in [0.3, 0.4) is 0 Å². The lowest BCUT2D eigenvalue weighted by atomic mass is 10.1. The number of aromatic hydroxyl groups is 2. The van der Waals surface area contributed by atoms with Gasteiger partial charge in [-0.2, -0.15) is 0 Å². The number of ether oxygens (including phenoxy) is 1. The predicted octanol–water partition coefficient (Wildman–Crippen LogP) is 1.12. The van der Waals surface area contributed by atoms with E-state index >= 15 is 0 Å². The van der Waals surface area contributed by atoms with E-state index in [1.165, 1.54) is 14.0 Å². The second-order valence-electron chi connectivity index (χ2n) is 2.92. The molecule has 80 valence electrons. The topological polar surface area (TPSA) is 83.8 Å². The number of carbonyl (C=O) groups is 2. The molecule has 5 nitrogen and oxygen atoms in total. The molecule has 0 aliphatic carbocycles. The lowest BCUT2D eigenvalue weighted by Gasteiger charge is -2.10. The minimum atomic E-state index is -0.477. The average Bonchev–Trinajstić information content (AvgIpc) is 2.18. The summed E-state index contributed by atoms with van der Waals surface area (Å²) in [6.07, 6.45) is 0.379. The fraction of sp³-hybridized carbons (Fsp3) is 0.200. The lowest BCUT2D eigenvalue weighted by Crippen LogP contribution is -1.98. The van der Waals surface area contributed by atoms with Gasteiger partial charge in [-0.1, -0.05) is 0 Å². The SMILES string of the molecule is COc1c(O)c(C=O)cc(C(C)=O)c1O. The van der Waals surface area contributed by atoms with Crippen molar-refractivity contribution in [3.05, 3.63) is 17.2 Å². The van der Waals surface area contributed by atoms with Gasteiger partial charge in [0.15, 0.2) is 23.6 Å². The van der Waals surface area contributed by atoms with Gasteiger partial charge in [-0.3, -0.25) is 9.59 Å². The molecule has 2 N–H and O–H groups in total. The van der Waals surface area contributed by atoms with E-state index in [2.05, 4.69) is 0 Å². The molecule has 1 rings (SSSR count). The molecule has 0 radical (unpaired) electrons. The standard InChI is InChI=1S/C10H10O5/c1-5(12)7-3-6(4-11)8(13)10(15-2)9(7)14/h3-4,13-14H,1-2H3. The van der Waals surface area contributed by atoms with Crippen LogP contribution in [0.1, 0.15) is 27.6 Å². The van der Waals surface area contributed by atoms with Crippen LogP contribution in [-0.2, 0) is 0 Å². The predicted molar refractivity (Wildman–Crippen MR) is 51.7 cm³/mol.